The normalized spacial score (nSPS) is 24.1. The lowest BCUT2D eigenvalue weighted by Crippen LogP contribution is -2.43. The van der Waals surface area contributed by atoms with Crippen LogP contribution in [-0.4, -0.2) is 67.4 Å². The maximum absolute atomic E-state index is 12.1. The minimum absolute atomic E-state index is 0.0114. The summed E-state index contributed by atoms with van der Waals surface area (Å²) in [7, 11) is 3.85. The molecule has 2 saturated heterocycles. The zero-order chi connectivity index (χ0) is 22.0. The minimum Gasteiger partial charge on any atom is -0.461 e. The second-order valence-electron chi connectivity index (χ2n) is 7.72. The first-order valence-electron chi connectivity index (χ1n) is 10.0. The maximum atomic E-state index is 12.1. The molecule has 0 aliphatic carbocycles. The number of nitrogens with zero attached hydrogens (tertiary/aromatic N) is 2. The summed E-state index contributed by atoms with van der Waals surface area (Å²) in [5, 5.41) is 3.00. The molecule has 2 heterocycles. The minimum atomic E-state index is -0.313. The van der Waals surface area contributed by atoms with E-state index in [9.17, 15) is 14.4 Å². The van der Waals surface area contributed by atoms with Crippen molar-refractivity contribution in [1.29, 1.82) is 0 Å². The highest BCUT2D eigenvalue weighted by Crippen LogP contribution is 2.27. The van der Waals surface area contributed by atoms with E-state index in [-0.39, 0.29) is 35.7 Å². The van der Waals surface area contributed by atoms with Crippen molar-refractivity contribution < 1.29 is 19.1 Å². The second kappa shape index (κ2) is 12.2. The molecule has 7 nitrogen and oxygen atoms in total. The molecular weight excluding hydrogens is 370 g/mol. The first-order valence-corrected chi connectivity index (χ1v) is 10.0. The van der Waals surface area contributed by atoms with E-state index >= 15 is 0 Å². The molecule has 2 amide bonds. The fourth-order valence-corrected chi connectivity index (χ4v) is 3.30. The predicted octanol–water partition coefficient (Wildman–Crippen LogP) is 2.12. The Bertz CT molecular complexity index is 630. The fraction of sp³-hybridized carbons (Fsp3) is 0.591. The van der Waals surface area contributed by atoms with Gasteiger partial charge < -0.3 is 19.9 Å². The number of hydrogen-bond donors (Lipinski definition) is 1. The second-order valence-corrected chi connectivity index (χ2v) is 7.72. The van der Waals surface area contributed by atoms with Crippen LogP contribution >= 0.6 is 0 Å². The van der Waals surface area contributed by atoms with Crippen molar-refractivity contribution in [1.82, 2.24) is 15.1 Å². The molecule has 2 aliphatic heterocycles. The zero-order valence-corrected chi connectivity index (χ0v) is 18.0. The summed E-state index contributed by atoms with van der Waals surface area (Å²) < 4.78 is 4.83. The Balaban J connectivity index is 0.000000331. The number of hydrogen-bond acceptors (Lipinski definition) is 5. The first kappa shape index (κ1) is 24.6. The number of ether oxygens (including phenoxy) is 1. The van der Waals surface area contributed by atoms with Gasteiger partial charge in [0.25, 0.3) is 0 Å². The summed E-state index contributed by atoms with van der Waals surface area (Å²) in [6, 6.07) is -0.0279. The van der Waals surface area contributed by atoms with Gasteiger partial charge in [0.05, 0.1) is 11.8 Å². The van der Waals surface area contributed by atoms with Crippen LogP contribution in [-0.2, 0) is 19.1 Å². The van der Waals surface area contributed by atoms with Crippen LogP contribution in [0.2, 0.25) is 0 Å². The molecule has 2 aliphatic rings. The molecule has 3 atom stereocenters. The molecule has 0 saturated carbocycles. The van der Waals surface area contributed by atoms with Crippen LogP contribution < -0.4 is 5.32 Å². The summed E-state index contributed by atoms with van der Waals surface area (Å²) in [6.45, 7) is 14.3. The number of amides is 2. The maximum Gasteiger partial charge on any atom is 0.333 e. The highest BCUT2D eigenvalue weighted by atomic mass is 16.5. The van der Waals surface area contributed by atoms with E-state index in [4.69, 9.17) is 4.74 Å². The Morgan fingerprint density at radius 2 is 1.97 bits per heavy atom. The van der Waals surface area contributed by atoms with E-state index in [1.54, 1.807) is 24.1 Å². The summed E-state index contributed by atoms with van der Waals surface area (Å²) >= 11 is 0. The highest BCUT2D eigenvalue weighted by Gasteiger charge is 2.38. The monoisotopic (exact) mass is 405 g/mol. The fourth-order valence-electron chi connectivity index (χ4n) is 3.30. The van der Waals surface area contributed by atoms with Crippen molar-refractivity contribution in [2.24, 2.45) is 11.8 Å². The highest BCUT2D eigenvalue weighted by molar-refractivity contribution is 5.87. The Morgan fingerprint density at radius 3 is 2.48 bits per heavy atom. The van der Waals surface area contributed by atoms with Crippen molar-refractivity contribution >= 4 is 17.8 Å². The molecule has 0 aromatic heterocycles. The molecule has 2 fully saturated rings. The Morgan fingerprint density at radius 1 is 1.28 bits per heavy atom. The van der Waals surface area contributed by atoms with Crippen molar-refractivity contribution in [3.8, 4) is 0 Å². The Kier molecular flexibility index (Phi) is 10.4. The summed E-state index contributed by atoms with van der Waals surface area (Å²) in [5.41, 5.74) is 0.448. The smallest absolute Gasteiger partial charge is 0.333 e. The number of likely N-dealkylation sites (tertiary alicyclic amines) is 1. The SMILES string of the molecule is C=C(C)C(=O)OCCN(C)C.C=CC1CCCC(C2CCN(C=C)C2=O)NC1=O. The van der Waals surface area contributed by atoms with Crippen LogP contribution in [0, 0.1) is 11.8 Å². The number of nitrogens with one attached hydrogen (secondary N) is 1. The molecule has 162 valence electrons. The molecule has 0 aromatic rings. The van der Waals surface area contributed by atoms with Gasteiger partial charge in [0.15, 0.2) is 0 Å². The van der Waals surface area contributed by atoms with Crippen LogP contribution in [0.4, 0.5) is 0 Å². The van der Waals surface area contributed by atoms with E-state index in [1.807, 2.05) is 19.0 Å². The van der Waals surface area contributed by atoms with Crippen LogP contribution in [0.15, 0.2) is 37.6 Å². The molecule has 0 spiro atoms. The number of carbonyl (C=O) groups is 3. The largest absolute Gasteiger partial charge is 0.461 e. The molecule has 1 N–H and O–H groups in total. The standard InChI is InChI=1S/C14H20N2O2.C8H15NO2/c1-3-10-6-5-7-12(15-13(10)17)11-8-9-16(4-2)14(11)18;1-7(2)8(10)11-6-5-9(3)4/h3-4,10-12H,1-2,5-9H2,(H,15,17);1,5-6H2,2-4H3. The third-order valence-corrected chi connectivity index (χ3v) is 5.09. The molecule has 0 radical (unpaired) electrons. The number of carbonyl (C=O) groups excluding carboxylic acids is 3. The van der Waals surface area contributed by atoms with Gasteiger partial charge in [0.2, 0.25) is 11.8 Å². The lowest BCUT2D eigenvalue weighted by Gasteiger charge is -2.22. The quantitative estimate of drug-likeness (QED) is 0.399. The topological polar surface area (TPSA) is 79.0 Å². The number of esters is 1. The van der Waals surface area contributed by atoms with E-state index < -0.39 is 0 Å². The lowest BCUT2D eigenvalue weighted by molar-refractivity contribution is -0.139. The Hall–Kier alpha value is -2.41. The third kappa shape index (κ3) is 7.85. The van der Waals surface area contributed by atoms with E-state index in [2.05, 4.69) is 25.1 Å². The van der Waals surface area contributed by atoms with Gasteiger partial charge in [0.1, 0.15) is 6.61 Å². The molecule has 3 unspecified atom stereocenters. The predicted molar refractivity (Wildman–Crippen MR) is 114 cm³/mol. The van der Waals surface area contributed by atoms with Gasteiger partial charge in [-0.15, -0.1) is 6.58 Å². The van der Waals surface area contributed by atoms with Gasteiger partial charge in [-0.05, 0) is 46.5 Å². The van der Waals surface area contributed by atoms with E-state index in [0.717, 1.165) is 32.2 Å². The van der Waals surface area contributed by atoms with Crippen molar-refractivity contribution in [3.05, 3.63) is 37.6 Å². The summed E-state index contributed by atoms with van der Waals surface area (Å²) in [4.78, 5) is 38.4. The molecule has 29 heavy (non-hydrogen) atoms. The molecule has 7 heteroatoms. The molecule has 0 bridgehead atoms. The lowest BCUT2D eigenvalue weighted by atomic mass is 9.94. The first-order chi connectivity index (χ1) is 13.7. The van der Waals surface area contributed by atoms with E-state index in [0.29, 0.717) is 18.7 Å². The van der Waals surface area contributed by atoms with Crippen LogP contribution in [0.1, 0.15) is 32.6 Å². The van der Waals surface area contributed by atoms with Gasteiger partial charge in [0, 0.05) is 24.7 Å². The number of rotatable bonds is 7. The van der Waals surface area contributed by atoms with E-state index in [1.165, 1.54) is 0 Å². The van der Waals surface area contributed by atoms with Crippen LogP contribution in [0.3, 0.4) is 0 Å². The summed E-state index contributed by atoms with van der Waals surface area (Å²) in [5.74, 6) is -0.408. The van der Waals surface area contributed by atoms with Crippen LogP contribution in [0.5, 0.6) is 0 Å². The van der Waals surface area contributed by atoms with Gasteiger partial charge in [-0.25, -0.2) is 4.79 Å². The van der Waals surface area contributed by atoms with Gasteiger partial charge >= 0.3 is 5.97 Å². The van der Waals surface area contributed by atoms with Crippen molar-refractivity contribution in [2.45, 2.75) is 38.6 Å². The van der Waals surface area contributed by atoms with Gasteiger partial charge in [-0.2, -0.15) is 0 Å². The summed E-state index contributed by atoms with van der Waals surface area (Å²) in [6.07, 6.45) is 6.74. The van der Waals surface area contributed by atoms with Crippen LogP contribution in [0.25, 0.3) is 0 Å². The van der Waals surface area contributed by atoms with Gasteiger partial charge in [-0.3, -0.25) is 9.59 Å². The number of likely N-dealkylation sites (N-methyl/N-ethyl adjacent to an activating group) is 1. The molecule has 0 aromatic carbocycles. The zero-order valence-electron chi connectivity index (χ0n) is 18.0. The Labute approximate surface area is 174 Å². The van der Waals surface area contributed by atoms with Crippen molar-refractivity contribution in [3.63, 3.8) is 0 Å². The average Bonchev–Trinajstić information content (AvgIpc) is 2.93. The molecular formula is C22H35N3O4. The average molecular weight is 406 g/mol. The third-order valence-electron chi connectivity index (χ3n) is 5.09. The van der Waals surface area contributed by atoms with Gasteiger partial charge in [-0.1, -0.05) is 25.7 Å². The molecule has 2 rings (SSSR count). The van der Waals surface area contributed by atoms with Crippen molar-refractivity contribution in [2.75, 3.05) is 33.8 Å².